The van der Waals surface area contributed by atoms with Crippen LogP contribution >= 0.6 is 0 Å². The van der Waals surface area contributed by atoms with Crippen LogP contribution in [0.4, 0.5) is 5.69 Å². The van der Waals surface area contributed by atoms with Gasteiger partial charge in [-0.1, -0.05) is 60.7 Å². The van der Waals surface area contributed by atoms with E-state index >= 15 is 0 Å². The van der Waals surface area contributed by atoms with E-state index in [1.807, 2.05) is 6.07 Å². The molecule has 0 aromatic heterocycles. The van der Waals surface area contributed by atoms with E-state index in [0.717, 1.165) is 5.56 Å². The number of esters is 2. The maximum Gasteiger partial charge on any atom is 0.339 e. The SMILES string of the molecule is COC(=O)c1ccccc1NC(=O)COC(=O)CC(NC(=O)c1ccccc1)c1ccccc1. The van der Waals surface area contributed by atoms with E-state index in [4.69, 9.17) is 9.47 Å². The first-order valence-corrected chi connectivity index (χ1v) is 10.5. The van der Waals surface area contributed by atoms with Crippen LogP contribution in [0.5, 0.6) is 0 Å². The third-order valence-electron chi connectivity index (χ3n) is 4.88. The highest BCUT2D eigenvalue weighted by Crippen LogP contribution is 2.19. The zero-order chi connectivity index (χ0) is 24.3. The first kappa shape index (κ1) is 24.2. The van der Waals surface area contributed by atoms with Crippen LogP contribution in [0.2, 0.25) is 0 Å². The smallest absolute Gasteiger partial charge is 0.339 e. The normalized spacial score (nSPS) is 11.1. The maximum absolute atomic E-state index is 12.6. The number of rotatable bonds is 9. The largest absolute Gasteiger partial charge is 0.465 e. The monoisotopic (exact) mass is 460 g/mol. The van der Waals surface area contributed by atoms with E-state index in [1.165, 1.54) is 19.2 Å². The lowest BCUT2D eigenvalue weighted by atomic mass is 10.0. The summed E-state index contributed by atoms with van der Waals surface area (Å²) in [7, 11) is 1.24. The fourth-order valence-corrected chi connectivity index (χ4v) is 3.21. The fraction of sp³-hybridized carbons (Fsp3) is 0.154. The highest BCUT2D eigenvalue weighted by atomic mass is 16.5. The minimum atomic E-state index is -0.668. The molecule has 34 heavy (non-hydrogen) atoms. The molecular weight excluding hydrogens is 436 g/mol. The Balaban J connectivity index is 1.61. The van der Waals surface area contributed by atoms with Gasteiger partial charge in [-0.25, -0.2) is 4.79 Å². The van der Waals surface area contributed by atoms with E-state index in [1.54, 1.807) is 66.7 Å². The van der Waals surface area contributed by atoms with E-state index < -0.39 is 30.5 Å². The lowest BCUT2D eigenvalue weighted by Gasteiger charge is -2.19. The second-order valence-corrected chi connectivity index (χ2v) is 7.25. The van der Waals surface area contributed by atoms with E-state index in [-0.39, 0.29) is 23.6 Å². The van der Waals surface area contributed by atoms with Gasteiger partial charge in [0.25, 0.3) is 11.8 Å². The van der Waals surface area contributed by atoms with Gasteiger partial charge in [-0.3, -0.25) is 14.4 Å². The average molecular weight is 460 g/mol. The predicted molar refractivity (Wildman–Crippen MR) is 125 cm³/mol. The molecule has 3 aromatic carbocycles. The molecular formula is C26H24N2O6. The molecule has 0 spiro atoms. The Labute approximate surface area is 196 Å². The number of benzene rings is 3. The molecule has 0 heterocycles. The van der Waals surface area contributed by atoms with Crippen molar-refractivity contribution in [1.82, 2.24) is 5.32 Å². The Kier molecular flexibility index (Phi) is 8.51. The summed E-state index contributed by atoms with van der Waals surface area (Å²) in [6.45, 7) is -0.553. The number of para-hydroxylation sites is 1. The quantitative estimate of drug-likeness (QED) is 0.473. The minimum absolute atomic E-state index is 0.172. The summed E-state index contributed by atoms with van der Waals surface area (Å²) in [5.74, 6) is -2.22. The summed E-state index contributed by atoms with van der Waals surface area (Å²) in [6, 6.07) is 23.3. The number of hydrogen-bond acceptors (Lipinski definition) is 6. The molecule has 0 radical (unpaired) electrons. The van der Waals surface area contributed by atoms with Crippen LogP contribution in [0.25, 0.3) is 0 Å². The van der Waals surface area contributed by atoms with Crippen molar-refractivity contribution in [2.75, 3.05) is 19.0 Å². The molecule has 2 N–H and O–H groups in total. The number of carbonyl (C=O) groups excluding carboxylic acids is 4. The second-order valence-electron chi connectivity index (χ2n) is 7.25. The van der Waals surface area contributed by atoms with Crippen molar-refractivity contribution in [2.45, 2.75) is 12.5 Å². The van der Waals surface area contributed by atoms with Gasteiger partial charge in [0.1, 0.15) is 0 Å². The summed E-state index contributed by atoms with van der Waals surface area (Å²) in [4.78, 5) is 49.2. The Morgan fingerprint density at radius 3 is 2.12 bits per heavy atom. The molecule has 0 aliphatic carbocycles. The van der Waals surface area contributed by atoms with Gasteiger partial charge in [0.15, 0.2) is 6.61 Å². The summed E-state index contributed by atoms with van der Waals surface area (Å²) in [5.41, 5.74) is 1.60. The van der Waals surface area contributed by atoms with Crippen LogP contribution in [0, 0.1) is 0 Å². The number of carbonyl (C=O) groups is 4. The molecule has 0 aliphatic heterocycles. The van der Waals surface area contributed by atoms with Crippen molar-refractivity contribution in [2.24, 2.45) is 0 Å². The van der Waals surface area contributed by atoms with E-state index in [0.29, 0.717) is 5.56 Å². The molecule has 3 rings (SSSR count). The molecule has 0 bridgehead atoms. The molecule has 0 saturated heterocycles. The molecule has 1 atom stereocenters. The minimum Gasteiger partial charge on any atom is -0.465 e. The lowest BCUT2D eigenvalue weighted by molar-refractivity contribution is -0.147. The number of amides is 2. The summed E-state index contributed by atoms with van der Waals surface area (Å²) < 4.78 is 9.82. The maximum atomic E-state index is 12.6. The molecule has 0 fully saturated rings. The van der Waals surface area contributed by atoms with Gasteiger partial charge < -0.3 is 20.1 Å². The standard InChI is InChI=1S/C26H24N2O6/c1-33-26(32)20-14-8-9-15-21(20)27-23(29)17-34-24(30)16-22(18-10-4-2-5-11-18)28-25(31)19-12-6-3-7-13-19/h2-15,22H,16-17H2,1H3,(H,27,29)(H,28,31). The van der Waals surface area contributed by atoms with Gasteiger partial charge >= 0.3 is 11.9 Å². The van der Waals surface area contributed by atoms with Crippen molar-refractivity contribution in [3.63, 3.8) is 0 Å². The third-order valence-corrected chi connectivity index (χ3v) is 4.88. The molecule has 174 valence electrons. The Bertz CT molecular complexity index is 1150. The highest BCUT2D eigenvalue weighted by molar-refractivity contribution is 6.01. The van der Waals surface area contributed by atoms with Crippen LogP contribution in [-0.4, -0.2) is 37.5 Å². The topological polar surface area (TPSA) is 111 Å². The number of methoxy groups -OCH3 is 1. The second kappa shape index (κ2) is 12.0. The van der Waals surface area contributed by atoms with Gasteiger partial charge in [0, 0.05) is 5.56 Å². The van der Waals surface area contributed by atoms with Crippen molar-refractivity contribution >= 4 is 29.4 Å². The first-order valence-electron chi connectivity index (χ1n) is 10.5. The first-order chi connectivity index (χ1) is 16.5. The van der Waals surface area contributed by atoms with Crippen LogP contribution in [0.15, 0.2) is 84.9 Å². The third kappa shape index (κ3) is 6.77. The van der Waals surface area contributed by atoms with Crippen molar-refractivity contribution < 1.29 is 28.7 Å². The van der Waals surface area contributed by atoms with Gasteiger partial charge in [-0.2, -0.15) is 0 Å². The Morgan fingerprint density at radius 2 is 1.44 bits per heavy atom. The number of anilines is 1. The molecule has 0 aliphatic rings. The zero-order valence-corrected chi connectivity index (χ0v) is 18.5. The average Bonchev–Trinajstić information content (AvgIpc) is 2.88. The molecule has 0 saturated carbocycles. The molecule has 2 amide bonds. The molecule has 8 heteroatoms. The van der Waals surface area contributed by atoms with Gasteiger partial charge in [-0.05, 0) is 29.8 Å². The van der Waals surface area contributed by atoms with Crippen LogP contribution in [-0.2, 0) is 19.1 Å². The van der Waals surface area contributed by atoms with Crippen LogP contribution in [0.3, 0.4) is 0 Å². The summed E-state index contributed by atoms with van der Waals surface area (Å²) >= 11 is 0. The zero-order valence-electron chi connectivity index (χ0n) is 18.5. The van der Waals surface area contributed by atoms with E-state index in [9.17, 15) is 19.2 Å². The van der Waals surface area contributed by atoms with Gasteiger partial charge in [-0.15, -0.1) is 0 Å². The predicted octanol–water partition coefficient (Wildman–Crippen LogP) is 3.52. The van der Waals surface area contributed by atoms with E-state index in [2.05, 4.69) is 10.6 Å². The van der Waals surface area contributed by atoms with Gasteiger partial charge in [0.05, 0.1) is 30.8 Å². The Morgan fingerprint density at radius 1 is 0.824 bits per heavy atom. The fourth-order valence-electron chi connectivity index (χ4n) is 3.21. The number of ether oxygens (including phenoxy) is 2. The van der Waals surface area contributed by atoms with Crippen molar-refractivity contribution in [3.8, 4) is 0 Å². The summed E-state index contributed by atoms with van der Waals surface area (Å²) in [5, 5.41) is 5.38. The molecule has 3 aromatic rings. The van der Waals surface area contributed by atoms with Crippen molar-refractivity contribution in [1.29, 1.82) is 0 Å². The van der Waals surface area contributed by atoms with Crippen molar-refractivity contribution in [3.05, 3.63) is 102 Å². The number of hydrogen-bond donors (Lipinski definition) is 2. The van der Waals surface area contributed by atoms with Crippen LogP contribution < -0.4 is 10.6 Å². The number of nitrogens with one attached hydrogen (secondary N) is 2. The Hall–Kier alpha value is -4.46. The molecule has 8 nitrogen and oxygen atoms in total. The molecule has 1 unspecified atom stereocenters. The highest BCUT2D eigenvalue weighted by Gasteiger charge is 2.21. The van der Waals surface area contributed by atoms with Gasteiger partial charge in [0.2, 0.25) is 0 Å². The van der Waals surface area contributed by atoms with Crippen LogP contribution in [0.1, 0.15) is 38.7 Å². The summed E-state index contributed by atoms with van der Waals surface area (Å²) in [6.07, 6.45) is -0.172. The lowest BCUT2D eigenvalue weighted by Crippen LogP contribution is -2.31.